The van der Waals surface area contributed by atoms with Crippen molar-refractivity contribution in [2.75, 3.05) is 18.0 Å². The van der Waals surface area contributed by atoms with Crippen molar-refractivity contribution in [1.29, 1.82) is 0 Å². The fraction of sp³-hybridized carbons (Fsp3) is 0.316. The van der Waals surface area contributed by atoms with E-state index < -0.39 is 28.0 Å². The molecule has 8 heteroatoms. The summed E-state index contributed by atoms with van der Waals surface area (Å²) < 4.78 is 45.9. The van der Waals surface area contributed by atoms with Gasteiger partial charge in [-0.05, 0) is 41.8 Å². The van der Waals surface area contributed by atoms with Crippen molar-refractivity contribution < 1.29 is 22.3 Å². The molecular formula is C19H21FN2O4S. The molecule has 2 aromatic carbocycles. The first-order chi connectivity index (χ1) is 12.8. The summed E-state index contributed by atoms with van der Waals surface area (Å²) in [6.07, 6.45) is -1.29. The van der Waals surface area contributed by atoms with Crippen LogP contribution in [-0.4, -0.2) is 33.7 Å². The monoisotopic (exact) mass is 392 g/mol. The average molecular weight is 392 g/mol. The molecule has 27 heavy (non-hydrogen) atoms. The molecule has 144 valence electrons. The molecule has 0 bridgehead atoms. The summed E-state index contributed by atoms with van der Waals surface area (Å²) >= 11 is 0. The van der Waals surface area contributed by atoms with E-state index in [1.54, 1.807) is 30.3 Å². The van der Waals surface area contributed by atoms with Gasteiger partial charge in [0.05, 0.1) is 17.1 Å². The normalized spacial score (nSPS) is 17.4. The Balaban J connectivity index is 1.63. The lowest BCUT2D eigenvalue weighted by Crippen LogP contribution is -2.34. The van der Waals surface area contributed by atoms with Crippen LogP contribution in [-0.2, 0) is 14.8 Å². The topological polar surface area (TPSA) is 75.7 Å². The fourth-order valence-electron chi connectivity index (χ4n) is 2.80. The van der Waals surface area contributed by atoms with Crippen LogP contribution in [0.4, 0.5) is 14.9 Å². The average Bonchev–Trinajstić information content (AvgIpc) is 3.01. The van der Waals surface area contributed by atoms with Gasteiger partial charge >= 0.3 is 6.09 Å². The van der Waals surface area contributed by atoms with E-state index >= 15 is 0 Å². The summed E-state index contributed by atoms with van der Waals surface area (Å²) in [6, 6.07) is 12.3. The number of halogens is 1. The Hall–Kier alpha value is -2.45. The van der Waals surface area contributed by atoms with E-state index in [0.29, 0.717) is 11.6 Å². The highest BCUT2D eigenvalue weighted by atomic mass is 32.2. The molecule has 1 fully saturated rings. The van der Waals surface area contributed by atoms with Gasteiger partial charge in [-0.2, -0.15) is 0 Å². The lowest BCUT2D eigenvalue weighted by Gasteiger charge is -2.13. The zero-order chi connectivity index (χ0) is 19.6. The molecule has 0 spiro atoms. The van der Waals surface area contributed by atoms with Crippen LogP contribution < -0.4 is 9.62 Å². The van der Waals surface area contributed by atoms with Crippen LogP contribution in [0.2, 0.25) is 0 Å². The van der Waals surface area contributed by atoms with Crippen molar-refractivity contribution in [1.82, 2.24) is 4.72 Å². The summed E-state index contributed by atoms with van der Waals surface area (Å²) in [5.41, 5.74) is 1.42. The van der Waals surface area contributed by atoms with Gasteiger partial charge in [0.2, 0.25) is 10.0 Å². The highest BCUT2D eigenvalue weighted by Gasteiger charge is 2.33. The molecule has 1 aliphatic heterocycles. The number of hydrogen-bond donors (Lipinski definition) is 1. The summed E-state index contributed by atoms with van der Waals surface area (Å²) in [5.74, 6) is -0.157. The standard InChI is InChI=1S/C19H21FN2O4S/c1-13(2)14-6-8-18(9-7-14)27(24,25)21-11-17-12-22(19(23)26-17)16-5-3-4-15(20)10-16/h3-10,13,17,21H,11-12H2,1-2H3. The number of amides is 1. The molecule has 1 saturated heterocycles. The third-order valence-corrected chi connectivity index (χ3v) is 5.79. The fourth-order valence-corrected chi connectivity index (χ4v) is 3.87. The number of hydrogen-bond acceptors (Lipinski definition) is 4. The number of nitrogens with one attached hydrogen (secondary N) is 1. The van der Waals surface area contributed by atoms with Gasteiger partial charge < -0.3 is 4.74 Å². The summed E-state index contributed by atoms with van der Waals surface area (Å²) in [7, 11) is -3.72. The zero-order valence-corrected chi connectivity index (χ0v) is 15.9. The third-order valence-electron chi connectivity index (χ3n) is 4.35. The second-order valence-electron chi connectivity index (χ2n) is 6.67. The first-order valence-corrected chi connectivity index (χ1v) is 10.1. The van der Waals surface area contributed by atoms with E-state index in [-0.39, 0.29) is 18.0 Å². The zero-order valence-electron chi connectivity index (χ0n) is 15.1. The van der Waals surface area contributed by atoms with Gasteiger partial charge in [0, 0.05) is 6.54 Å². The van der Waals surface area contributed by atoms with Gasteiger partial charge in [0.15, 0.2) is 0 Å². The predicted octanol–water partition coefficient (Wildman–Crippen LogP) is 3.25. The molecule has 1 aliphatic rings. The third kappa shape index (κ3) is 4.45. The number of carbonyl (C=O) groups is 1. The van der Waals surface area contributed by atoms with Crippen LogP contribution in [0.3, 0.4) is 0 Å². The van der Waals surface area contributed by atoms with Gasteiger partial charge in [0.25, 0.3) is 0 Å². The molecule has 1 heterocycles. The first-order valence-electron chi connectivity index (χ1n) is 8.59. The van der Waals surface area contributed by atoms with Crippen LogP contribution in [0.5, 0.6) is 0 Å². The van der Waals surface area contributed by atoms with Crippen molar-refractivity contribution in [3.63, 3.8) is 0 Å². The Morgan fingerprint density at radius 1 is 1.22 bits per heavy atom. The van der Waals surface area contributed by atoms with E-state index in [2.05, 4.69) is 4.72 Å². The number of nitrogens with zero attached hydrogens (tertiary/aromatic N) is 1. The van der Waals surface area contributed by atoms with Crippen molar-refractivity contribution in [3.05, 3.63) is 59.9 Å². The number of carbonyl (C=O) groups excluding carboxylic acids is 1. The largest absolute Gasteiger partial charge is 0.443 e. The smallest absolute Gasteiger partial charge is 0.414 e. The lowest BCUT2D eigenvalue weighted by atomic mass is 10.0. The lowest BCUT2D eigenvalue weighted by molar-refractivity contribution is 0.143. The minimum atomic E-state index is -3.72. The van der Waals surface area contributed by atoms with E-state index in [9.17, 15) is 17.6 Å². The Kier molecular flexibility index (Phi) is 5.48. The van der Waals surface area contributed by atoms with Crippen LogP contribution in [0.15, 0.2) is 53.4 Å². The molecule has 6 nitrogen and oxygen atoms in total. The number of cyclic esters (lactones) is 1. The van der Waals surface area contributed by atoms with Crippen molar-refractivity contribution in [2.45, 2.75) is 30.8 Å². The Morgan fingerprint density at radius 2 is 1.93 bits per heavy atom. The van der Waals surface area contributed by atoms with E-state index in [1.807, 2.05) is 13.8 Å². The summed E-state index contributed by atoms with van der Waals surface area (Å²) in [5, 5.41) is 0. The van der Waals surface area contributed by atoms with Gasteiger partial charge in [0.1, 0.15) is 11.9 Å². The predicted molar refractivity (Wildman–Crippen MR) is 99.7 cm³/mol. The van der Waals surface area contributed by atoms with Crippen molar-refractivity contribution in [2.24, 2.45) is 0 Å². The highest BCUT2D eigenvalue weighted by molar-refractivity contribution is 7.89. The molecule has 0 saturated carbocycles. The molecule has 1 atom stereocenters. The molecule has 3 rings (SSSR count). The second-order valence-corrected chi connectivity index (χ2v) is 8.44. The van der Waals surface area contributed by atoms with Gasteiger partial charge in [-0.3, -0.25) is 4.90 Å². The maximum absolute atomic E-state index is 13.3. The van der Waals surface area contributed by atoms with E-state index in [0.717, 1.165) is 5.56 Å². The quantitative estimate of drug-likeness (QED) is 0.819. The maximum atomic E-state index is 13.3. The molecule has 1 N–H and O–H groups in total. The number of benzene rings is 2. The molecule has 1 unspecified atom stereocenters. The van der Waals surface area contributed by atoms with Gasteiger partial charge in [-0.1, -0.05) is 32.0 Å². The number of sulfonamides is 1. The highest BCUT2D eigenvalue weighted by Crippen LogP contribution is 2.22. The number of ether oxygens (including phenoxy) is 1. The number of rotatable bonds is 6. The molecule has 0 radical (unpaired) electrons. The van der Waals surface area contributed by atoms with Crippen LogP contribution >= 0.6 is 0 Å². The Labute approximate surface area is 158 Å². The Morgan fingerprint density at radius 3 is 2.56 bits per heavy atom. The first kappa shape index (κ1) is 19.3. The molecule has 0 aliphatic carbocycles. The van der Waals surface area contributed by atoms with Crippen LogP contribution in [0, 0.1) is 5.82 Å². The molecule has 2 aromatic rings. The molecule has 0 aromatic heterocycles. The SMILES string of the molecule is CC(C)c1ccc(S(=O)(=O)NCC2CN(c3cccc(F)c3)C(=O)O2)cc1. The second kappa shape index (κ2) is 7.66. The number of anilines is 1. The van der Waals surface area contributed by atoms with Gasteiger partial charge in [-0.25, -0.2) is 22.3 Å². The van der Waals surface area contributed by atoms with Gasteiger partial charge in [-0.15, -0.1) is 0 Å². The minimum Gasteiger partial charge on any atom is -0.443 e. The minimum absolute atomic E-state index is 0.0637. The Bertz CT molecular complexity index is 929. The van der Waals surface area contributed by atoms with E-state index in [4.69, 9.17) is 4.74 Å². The van der Waals surface area contributed by atoms with Crippen molar-refractivity contribution >= 4 is 21.8 Å². The van der Waals surface area contributed by atoms with Crippen LogP contribution in [0.1, 0.15) is 25.3 Å². The van der Waals surface area contributed by atoms with Crippen molar-refractivity contribution in [3.8, 4) is 0 Å². The maximum Gasteiger partial charge on any atom is 0.414 e. The van der Waals surface area contributed by atoms with E-state index in [1.165, 1.54) is 23.1 Å². The molecule has 1 amide bonds. The van der Waals surface area contributed by atoms with Crippen LogP contribution in [0.25, 0.3) is 0 Å². The molecular weight excluding hydrogens is 371 g/mol. The summed E-state index contributed by atoms with van der Waals surface area (Å²) in [6.45, 7) is 4.13. The summed E-state index contributed by atoms with van der Waals surface area (Å²) in [4.78, 5) is 13.4.